The van der Waals surface area contributed by atoms with E-state index in [1.54, 1.807) is 0 Å². The van der Waals surface area contributed by atoms with Gasteiger partial charge in [-0.25, -0.2) is 0 Å². The van der Waals surface area contributed by atoms with E-state index in [2.05, 4.69) is 19.1 Å². The molecule has 0 aliphatic carbocycles. The van der Waals surface area contributed by atoms with Gasteiger partial charge in [0.2, 0.25) is 0 Å². The molecule has 0 saturated carbocycles. The largest absolute Gasteiger partial charge is 0.461 e. The van der Waals surface area contributed by atoms with Crippen molar-refractivity contribution in [3.05, 3.63) is 41.5 Å². The van der Waals surface area contributed by atoms with E-state index in [1.807, 2.05) is 24.3 Å². The number of carbonyl (C=O) groups excluding carboxylic acids is 1. The molecule has 0 saturated heterocycles. The summed E-state index contributed by atoms with van der Waals surface area (Å²) in [5, 5.41) is 0. The molecular weight excluding hydrogens is 200 g/mol. The molecule has 0 fully saturated rings. The van der Waals surface area contributed by atoms with Crippen molar-refractivity contribution in [1.29, 1.82) is 0 Å². The molecule has 0 aliphatic rings. The Bertz CT molecular complexity index is 350. The Hall–Kier alpha value is -1.57. The van der Waals surface area contributed by atoms with Crippen LogP contribution in [0, 0.1) is 0 Å². The molecule has 2 heteroatoms. The SMILES string of the molecule is CCC/C=C/c1ccc(COC(C)=O)cc1. The molecule has 1 rings (SSSR count). The van der Waals surface area contributed by atoms with Crippen LogP contribution in [0.25, 0.3) is 6.08 Å². The van der Waals surface area contributed by atoms with Crippen molar-refractivity contribution in [3.8, 4) is 0 Å². The van der Waals surface area contributed by atoms with Gasteiger partial charge in [0.25, 0.3) is 0 Å². The molecule has 0 N–H and O–H groups in total. The normalized spacial score (nSPS) is 10.6. The van der Waals surface area contributed by atoms with Gasteiger partial charge in [-0.05, 0) is 17.5 Å². The van der Waals surface area contributed by atoms with E-state index in [4.69, 9.17) is 4.74 Å². The first-order valence-electron chi connectivity index (χ1n) is 5.61. The molecule has 2 nitrogen and oxygen atoms in total. The van der Waals surface area contributed by atoms with Crippen LogP contribution in [0.1, 0.15) is 37.8 Å². The lowest BCUT2D eigenvalue weighted by Gasteiger charge is -2.02. The van der Waals surface area contributed by atoms with E-state index in [0.717, 1.165) is 12.0 Å². The van der Waals surface area contributed by atoms with Gasteiger partial charge in [-0.2, -0.15) is 0 Å². The lowest BCUT2D eigenvalue weighted by Crippen LogP contribution is -1.98. The number of allylic oxidation sites excluding steroid dienone is 1. The predicted molar refractivity (Wildman–Crippen MR) is 65.9 cm³/mol. The van der Waals surface area contributed by atoms with Crippen molar-refractivity contribution in [2.24, 2.45) is 0 Å². The maximum Gasteiger partial charge on any atom is 0.302 e. The van der Waals surface area contributed by atoms with Crippen LogP contribution in [0.5, 0.6) is 0 Å². The lowest BCUT2D eigenvalue weighted by molar-refractivity contribution is -0.142. The Morgan fingerprint density at radius 1 is 1.31 bits per heavy atom. The standard InChI is InChI=1S/C14H18O2/c1-3-4-5-6-13-7-9-14(10-8-13)11-16-12(2)15/h5-10H,3-4,11H2,1-2H3/b6-5+. The highest BCUT2D eigenvalue weighted by molar-refractivity contribution is 5.65. The number of ether oxygens (including phenoxy) is 1. The molecular formula is C14H18O2. The molecule has 86 valence electrons. The summed E-state index contributed by atoms with van der Waals surface area (Å²) in [6.45, 7) is 3.93. The Kier molecular flexibility index (Phi) is 5.34. The van der Waals surface area contributed by atoms with Crippen molar-refractivity contribution in [3.63, 3.8) is 0 Å². The molecule has 0 radical (unpaired) electrons. The smallest absolute Gasteiger partial charge is 0.302 e. The number of hydrogen-bond acceptors (Lipinski definition) is 2. The number of carbonyl (C=O) groups is 1. The molecule has 0 heterocycles. The fourth-order valence-corrected chi connectivity index (χ4v) is 1.30. The first-order chi connectivity index (χ1) is 7.72. The van der Waals surface area contributed by atoms with E-state index < -0.39 is 0 Å². The molecule has 0 amide bonds. The summed E-state index contributed by atoms with van der Waals surface area (Å²) in [7, 11) is 0. The van der Waals surface area contributed by atoms with Gasteiger partial charge in [-0.15, -0.1) is 0 Å². The molecule has 1 aromatic rings. The highest BCUT2D eigenvalue weighted by atomic mass is 16.5. The number of rotatable bonds is 5. The average molecular weight is 218 g/mol. The Balaban J connectivity index is 2.50. The van der Waals surface area contributed by atoms with Gasteiger partial charge in [-0.1, -0.05) is 49.8 Å². The van der Waals surface area contributed by atoms with E-state index in [1.165, 1.54) is 18.9 Å². The molecule has 16 heavy (non-hydrogen) atoms. The number of benzene rings is 1. The zero-order chi connectivity index (χ0) is 11.8. The van der Waals surface area contributed by atoms with Crippen LogP contribution in [-0.2, 0) is 16.1 Å². The quantitative estimate of drug-likeness (QED) is 0.706. The Morgan fingerprint density at radius 2 is 2.00 bits per heavy atom. The van der Waals surface area contributed by atoms with Crippen LogP contribution in [-0.4, -0.2) is 5.97 Å². The third kappa shape index (κ3) is 4.78. The Morgan fingerprint density at radius 3 is 2.56 bits per heavy atom. The van der Waals surface area contributed by atoms with Crippen LogP contribution in [0.4, 0.5) is 0 Å². The summed E-state index contributed by atoms with van der Waals surface area (Å²) in [5.41, 5.74) is 2.20. The first-order valence-corrected chi connectivity index (χ1v) is 5.61. The highest BCUT2D eigenvalue weighted by Gasteiger charge is 1.95. The highest BCUT2D eigenvalue weighted by Crippen LogP contribution is 2.08. The minimum atomic E-state index is -0.244. The zero-order valence-electron chi connectivity index (χ0n) is 9.90. The van der Waals surface area contributed by atoms with Crippen LogP contribution in [0.3, 0.4) is 0 Å². The van der Waals surface area contributed by atoms with E-state index in [0.29, 0.717) is 6.61 Å². The summed E-state index contributed by atoms with van der Waals surface area (Å²) in [5.74, 6) is -0.244. The first kappa shape index (κ1) is 12.5. The fraction of sp³-hybridized carbons (Fsp3) is 0.357. The molecule has 1 aromatic carbocycles. The topological polar surface area (TPSA) is 26.3 Å². The minimum absolute atomic E-state index is 0.244. The van der Waals surface area contributed by atoms with Crippen LogP contribution in [0.2, 0.25) is 0 Å². The molecule has 0 atom stereocenters. The monoisotopic (exact) mass is 218 g/mol. The van der Waals surface area contributed by atoms with Gasteiger partial charge in [0.05, 0.1) is 0 Å². The van der Waals surface area contributed by atoms with Crippen molar-refractivity contribution in [2.45, 2.75) is 33.3 Å². The van der Waals surface area contributed by atoms with Gasteiger partial charge >= 0.3 is 5.97 Å². The van der Waals surface area contributed by atoms with Gasteiger partial charge in [0, 0.05) is 6.92 Å². The average Bonchev–Trinajstić information content (AvgIpc) is 2.28. The zero-order valence-corrected chi connectivity index (χ0v) is 9.90. The molecule has 0 aromatic heterocycles. The van der Waals surface area contributed by atoms with Crippen molar-refractivity contribution < 1.29 is 9.53 Å². The van der Waals surface area contributed by atoms with E-state index >= 15 is 0 Å². The van der Waals surface area contributed by atoms with Gasteiger partial charge < -0.3 is 4.74 Å². The van der Waals surface area contributed by atoms with Crippen LogP contribution in [0.15, 0.2) is 30.3 Å². The third-order valence-electron chi connectivity index (χ3n) is 2.19. The summed E-state index contributed by atoms with van der Waals surface area (Å²) in [6.07, 6.45) is 6.55. The van der Waals surface area contributed by atoms with Crippen LogP contribution >= 0.6 is 0 Å². The van der Waals surface area contributed by atoms with Crippen molar-refractivity contribution >= 4 is 12.0 Å². The molecule has 0 spiro atoms. The number of hydrogen-bond donors (Lipinski definition) is 0. The minimum Gasteiger partial charge on any atom is -0.461 e. The van der Waals surface area contributed by atoms with Gasteiger partial charge in [-0.3, -0.25) is 4.79 Å². The van der Waals surface area contributed by atoms with E-state index in [-0.39, 0.29) is 5.97 Å². The second-order valence-corrected chi connectivity index (χ2v) is 3.71. The fourth-order valence-electron chi connectivity index (χ4n) is 1.30. The second kappa shape index (κ2) is 6.83. The maximum atomic E-state index is 10.6. The summed E-state index contributed by atoms with van der Waals surface area (Å²) >= 11 is 0. The van der Waals surface area contributed by atoms with Crippen molar-refractivity contribution in [2.75, 3.05) is 0 Å². The molecule has 0 bridgehead atoms. The summed E-state index contributed by atoms with van der Waals surface area (Å²) < 4.78 is 4.91. The summed E-state index contributed by atoms with van der Waals surface area (Å²) in [4.78, 5) is 10.6. The number of unbranched alkanes of at least 4 members (excludes halogenated alkanes) is 1. The maximum absolute atomic E-state index is 10.6. The third-order valence-corrected chi connectivity index (χ3v) is 2.19. The van der Waals surface area contributed by atoms with E-state index in [9.17, 15) is 4.79 Å². The van der Waals surface area contributed by atoms with Crippen molar-refractivity contribution in [1.82, 2.24) is 0 Å². The second-order valence-electron chi connectivity index (χ2n) is 3.71. The Labute approximate surface area is 96.9 Å². The predicted octanol–water partition coefficient (Wildman–Crippen LogP) is 3.56. The summed E-state index contributed by atoms with van der Waals surface area (Å²) in [6, 6.07) is 8.03. The number of esters is 1. The molecule has 0 aliphatic heterocycles. The molecule has 0 unspecified atom stereocenters. The van der Waals surface area contributed by atoms with Gasteiger partial charge in [0.1, 0.15) is 6.61 Å². The van der Waals surface area contributed by atoms with Gasteiger partial charge in [0.15, 0.2) is 0 Å². The van der Waals surface area contributed by atoms with Crippen LogP contribution < -0.4 is 0 Å². The lowest BCUT2D eigenvalue weighted by atomic mass is 10.1.